The molecule has 0 bridgehead atoms. The van der Waals surface area contributed by atoms with Crippen LogP contribution in [0.3, 0.4) is 0 Å². The molecular weight excluding hydrogens is 270 g/mol. The minimum Gasteiger partial charge on any atom is -0.497 e. The Balaban J connectivity index is 2.48. The molecule has 0 aliphatic rings. The maximum absolute atomic E-state index is 11.3. The number of carboxylic acids is 1. The highest BCUT2D eigenvalue weighted by Crippen LogP contribution is 2.35. The van der Waals surface area contributed by atoms with E-state index < -0.39 is 5.97 Å². The quantitative estimate of drug-likeness (QED) is 0.748. The van der Waals surface area contributed by atoms with Crippen molar-refractivity contribution in [3.8, 4) is 11.5 Å². The highest BCUT2D eigenvalue weighted by atomic mass is 16.5. The molecule has 1 heterocycles. The Hall–Kier alpha value is -2.82. The van der Waals surface area contributed by atoms with Crippen molar-refractivity contribution in [1.29, 1.82) is 0 Å². The summed E-state index contributed by atoms with van der Waals surface area (Å²) in [5.74, 6) is 0.286. The monoisotopic (exact) mass is 283 g/mol. The number of carboxylic acid groups (broad SMARTS) is 1. The topological polar surface area (TPSA) is 68.7 Å². The van der Waals surface area contributed by atoms with Gasteiger partial charge in [0.25, 0.3) is 0 Å². The zero-order valence-electron chi connectivity index (χ0n) is 11.6. The number of ether oxygens (including phenoxy) is 2. The Labute approximate surface area is 120 Å². The molecule has 0 unspecified atom stereocenters. The molecule has 21 heavy (non-hydrogen) atoms. The van der Waals surface area contributed by atoms with Gasteiger partial charge >= 0.3 is 5.97 Å². The van der Waals surface area contributed by atoms with E-state index in [0.717, 1.165) is 16.2 Å². The molecule has 3 rings (SSSR count). The van der Waals surface area contributed by atoms with Crippen LogP contribution in [-0.4, -0.2) is 30.3 Å². The second-order valence-electron chi connectivity index (χ2n) is 4.56. The fourth-order valence-corrected chi connectivity index (χ4v) is 2.45. The van der Waals surface area contributed by atoms with Gasteiger partial charge in [-0.1, -0.05) is 12.1 Å². The maximum Gasteiger partial charge on any atom is 0.337 e. The predicted octanol–water partition coefficient (Wildman–Crippen LogP) is 3.10. The van der Waals surface area contributed by atoms with Crippen molar-refractivity contribution in [3.05, 3.63) is 42.1 Å². The first-order valence-electron chi connectivity index (χ1n) is 6.32. The van der Waals surface area contributed by atoms with Gasteiger partial charge in [-0.15, -0.1) is 0 Å². The van der Waals surface area contributed by atoms with Crippen molar-refractivity contribution in [2.24, 2.45) is 0 Å². The van der Waals surface area contributed by atoms with Gasteiger partial charge in [-0.05, 0) is 12.1 Å². The number of fused-ring (bicyclic) bond motifs is 3. The van der Waals surface area contributed by atoms with Crippen LogP contribution >= 0.6 is 0 Å². The van der Waals surface area contributed by atoms with E-state index >= 15 is 0 Å². The molecule has 5 heteroatoms. The smallest absolute Gasteiger partial charge is 0.337 e. The summed E-state index contributed by atoms with van der Waals surface area (Å²) >= 11 is 0. The number of pyridine rings is 1. The third kappa shape index (κ3) is 2.03. The Bertz CT molecular complexity index is 858. The first kappa shape index (κ1) is 13.2. The summed E-state index contributed by atoms with van der Waals surface area (Å²) in [5.41, 5.74) is 0.629. The van der Waals surface area contributed by atoms with Gasteiger partial charge in [-0.3, -0.25) is 4.98 Å². The molecule has 0 fully saturated rings. The summed E-state index contributed by atoms with van der Waals surface area (Å²) in [4.78, 5) is 15.6. The fourth-order valence-electron chi connectivity index (χ4n) is 2.45. The molecule has 3 aromatic rings. The molecule has 0 radical (unpaired) electrons. The van der Waals surface area contributed by atoms with Crippen molar-refractivity contribution < 1.29 is 19.4 Å². The van der Waals surface area contributed by atoms with E-state index in [2.05, 4.69) is 4.98 Å². The lowest BCUT2D eigenvalue weighted by Crippen LogP contribution is -1.99. The molecule has 1 aromatic heterocycles. The normalized spacial score (nSPS) is 10.8. The molecule has 0 aliphatic heterocycles. The summed E-state index contributed by atoms with van der Waals surface area (Å²) in [6, 6.07) is 8.72. The van der Waals surface area contributed by atoms with Crippen LogP contribution in [0.2, 0.25) is 0 Å². The number of hydrogen-bond acceptors (Lipinski definition) is 4. The Morgan fingerprint density at radius 1 is 1.10 bits per heavy atom. The van der Waals surface area contributed by atoms with Crippen LogP contribution in [0.15, 0.2) is 36.5 Å². The molecule has 0 amide bonds. The number of rotatable bonds is 3. The SMILES string of the molecule is COc1cc(OC)c2cnc3c(C(=O)O)cccc3c2c1. The number of para-hydroxylation sites is 1. The Morgan fingerprint density at radius 2 is 1.90 bits per heavy atom. The molecule has 2 aromatic carbocycles. The average molecular weight is 283 g/mol. The summed E-state index contributed by atoms with van der Waals surface area (Å²) in [5, 5.41) is 11.7. The molecule has 0 saturated heterocycles. The van der Waals surface area contributed by atoms with Gasteiger partial charge in [0.1, 0.15) is 11.5 Å². The first-order valence-corrected chi connectivity index (χ1v) is 6.32. The minimum atomic E-state index is -0.998. The van der Waals surface area contributed by atoms with Crippen LogP contribution in [0.1, 0.15) is 10.4 Å². The molecule has 0 spiro atoms. The third-order valence-electron chi connectivity index (χ3n) is 3.45. The highest BCUT2D eigenvalue weighted by Gasteiger charge is 2.14. The molecule has 106 valence electrons. The van der Waals surface area contributed by atoms with Gasteiger partial charge in [-0.2, -0.15) is 0 Å². The lowest BCUT2D eigenvalue weighted by Gasteiger charge is -2.11. The van der Waals surface area contributed by atoms with E-state index in [-0.39, 0.29) is 5.56 Å². The molecule has 5 nitrogen and oxygen atoms in total. The van der Waals surface area contributed by atoms with Crippen molar-refractivity contribution >= 4 is 27.6 Å². The van der Waals surface area contributed by atoms with E-state index in [1.54, 1.807) is 38.6 Å². The zero-order chi connectivity index (χ0) is 15.0. The largest absolute Gasteiger partial charge is 0.497 e. The number of methoxy groups -OCH3 is 2. The summed E-state index contributed by atoms with van der Waals surface area (Å²) in [6.45, 7) is 0. The van der Waals surface area contributed by atoms with Gasteiger partial charge in [-0.25, -0.2) is 4.79 Å². The van der Waals surface area contributed by atoms with Gasteiger partial charge < -0.3 is 14.6 Å². The lowest BCUT2D eigenvalue weighted by molar-refractivity contribution is 0.0699. The third-order valence-corrected chi connectivity index (χ3v) is 3.45. The van der Waals surface area contributed by atoms with Crippen molar-refractivity contribution in [2.45, 2.75) is 0 Å². The second kappa shape index (κ2) is 4.94. The van der Waals surface area contributed by atoms with E-state index in [1.165, 1.54) is 0 Å². The van der Waals surface area contributed by atoms with Crippen LogP contribution in [-0.2, 0) is 0 Å². The molecule has 1 N–H and O–H groups in total. The van der Waals surface area contributed by atoms with Crippen LogP contribution in [0.4, 0.5) is 0 Å². The number of nitrogens with zero attached hydrogens (tertiary/aromatic N) is 1. The molecular formula is C16H13NO4. The van der Waals surface area contributed by atoms with Crippen LogP contribution < -0.4 is 9.47 Å². The van der Waals surface area contributed by atoms with E-state index in [1.807, 2.05) is 12.1 Å². The minimum absolute atomic E-state index is 0.177. The van der Waals surface area contributed by atoms with Gasteiger partial charge in [0.15, 0.2) is 0 Å². The first-order chi connectivity index (χ1) is 10.2. The van der Waals surface area contributed by atoms with Crippen LogP contribution in [0.5, 0.6) is 11.5 Å². The summed E-state index contributed by atoms with van der Waals surface area (Å²) < 4.78 is 10.6. The van der Waals surface area contributed by atoms with Crippen molar-refractivity contribution in [2.75, 3.05) is 14.2 Å². The fraction of sp³-hybridized carbons (Fsp3) is 0.125. The summed E-state index contributed by atoms with van der Waals surface area (Å²) in [6.07, 6.45) is 1.63. The number of aromatic carboxylic acids is 1. The maximum atomic E-state index is 11.3. The molecule has 0 atom stereocenters. The average Bonchev–Trinajstić information content (AvgIpc) is 2.52. The molecule has 0 saturated carbocycles. The van der Waals surface area contributed by atoms with Crippen LogP contribution in [0.25, 0.3) is 21.7 Å². The van der Waals surface area contributed by atoms with Gasteiger partial charge in [0.05, 0.1) is 25.3 Å². The number of carbonyl (C=O) groups is 1. The Kier molecular flexibility index (Phi) is 3.10. The van der Waals surface area contributed by atoms with Crippen LogP contribution in [0, 0.1) is 0 Å². The predicted molar refractivity (Wildman–Crippen MR) is 79.3 cm³/mol. The second-order valence-corrected chi connectivity index (χ2v) is 4.56. The Morgan fingerprint density at radius 3 is 2.57 bits per heavy atom. The number of aromatic nitrogens is 1. The standard InChI is InChI=1S/C16H13NO4/c1-20-9-6-12-10-4-3-5-11(16(18)19)15(10)17-8-13(12)14(7-9)21-2/h3-8H,1-2H3,(H,18,19). The van der Waals surface area contributed by atoms with Gasteiger partial charge in [0.2, 0.25) is 0 Å². The molecule has 0 aliphatic carbocycles. The van der Waals surface area contributed by atoms with Crippen molar-refractivity contribution in [1.82, 2.24) is 4.98 Å². The van der Waals surface area contributed by atoms with Gasteiger partial charge in [0, 0.05) is 28.4 Å². The van der Waals surface area contributed by atoms with E-state index in [0.29, 0.717) is 17.0 Å². The van der Waals surface area contributed by atoms with E-state index in [4.69, 9.17) is 9.47 Å². The number of hydrogen-bond donors (Lipinski definition) is 1. The lowest BCUT2D eigenvalue weighted by atomic mass is 10.0. The summed E-state index contributed by atoms with van der Waals surface area (Å²) in [7, 11) is 3.15. The van der Waals surface area contributed by atoms with Crippen molar-refractivity contribution in [3.63, 3.8) is 0 Å². The zero-order valence-corrected chi connectivity index (χ0v) is 11.6. The number of benzene rings is 2. The highest BCUT2D eigenvalue weighted by molar-refractivity contribution is 6.13. The van der Waals surface area contributed by atoms with E-state index in [9.17, 15) is 9.90 Å².